The Morgan fingerprint density at radius 2 is 2.13 bits per heavy atom. The highest BCUT2D eigenvalue weighted by Gasteiger charge is 2.16. The lowest BCUT2D eigenvalue weighted by atomic mass is 10.1. The minimum atomic E-state index is -0.969. The van der Waals surface area contributed by atoms with Crippen LogP contribution in [0.5, 0.6) is 0 Å². The van der Waals surface area contributed by atoms with Gasteiger partial charge in [0.05, 0.1) is 0 Å². The Hall–Kier alpha value is -1.90. The van der Waals surface area contributed by atoms with Crippen molar-refractivity contribution in [3.63, 3.8) is 0 Å². The van der Waals surface area contributed by atoms with E-state index in [2.05, 4.69) is 10.4 Å². The minimum absolute atomic E-state index is 0.347. The molecule has 9 nitrogen and oxygen atoms in total. The fourth-order valence-corrected chi connectivity index (χ4v) is 0.903. The molecule has 0 rings (SSSR count). The molecule has 0 saturated heterocycles. The number of hydrogen-bond donors (Lipinski definition) is 4. The maximum Gasteiger partial charge on any atom is 0.266 e. The lowest BCUT2D eigenvalue weighted by Gasteiger charge is -2.13. The maximum atomic E-state index is 10.9. The number of nitrogens with two attached hydrogens (primary N) is 3. The van der Waals surface area contributed by atoms with E-state index >= 15 is 0 Å². The van der Waals surface area contributed by atoms with Gasteiger partial charge in [-0.1, -0.05) is 0 Å². The fraction of sp³-hybridized carbons (Fsp3) is 0.667. The van der Waals surface area contributed by atoms with Gasteiger partial charge in [-0.25, -0.2) is 10.1 Å². The number of rotatable bonds is 6. The zero-order chi connectivity index (χ0) is 11.8. The summed E-state index contributed by atoms with van der Waals surface area (Å²) in [7, 11) is 0. The molecule has 0 heterocycles. The average molecular weight is 218 g/mol. The van der Waals surface area contributed by atoms with Gasteiger partial charge in [0.1, 0.15) is 11.1 Å². The molecule has 9 heteroatoms. The number of hydrazone groups is 1. The number of nitrogens with zero attached hydrogens (tertiary/aromatic N) is 2. The summed E-state index contributed by atoms with van der Waals surface area (Å²) in [5.74, 6) is -1.12. The molecule has 1 amide bonds. The molecular formula is C6H14N6O3. The second-order valence-corrected chi connectivity index (χ2v) is 2.75. The molecular weight excluding hydrogens is 204 g/mol. The maximum absolute atomic E-state index is 10.9. The van der Waals surface area contributed by atoms with Gasteiger partial charge >= 0.3 is 0 Å². The third kappa shape index (κ3) is 6.21. The van der Waals surface area contributed by atoms with E-state index in [0.717, 1.165) is 0 Å². The molecule has 0 aliphatic rings. The predicted octanol–water partition coefficient (Wildman–Crippen LogP) is -2.32. The number of nitrogens with one attached hydrogen (secondary N) is 1. The van der Waals surface area contributed by atoms with Crippen LogP contribution < -0.4 is 22.5 Å². The Morgan fingerprint density at radius 1 is 1.53 bits per heavy atom. The number of hydrogen-bond acceptors (Lipinski definition) is 4. The van der Waals surface area contributed by atoms with Crippen molar-refractivity contribution in [2.24, 2.45) is 22.3 Å². The second-order valence-electron chi connectivity index (χ2n) is 2.75. The number of carbonyl (C=O) groups is 1. The molecule has 15 heavy (non-hydrogen) atoms. The summed E-state index contributed by atoms with van der Waals surface area (Å²) < 4.78 is 0. The molecule has 7 N–H and O–H groups in total. The molecule has 0 aliphatic carbocycles. The highest BCUT2D eigenvalue weighted by Crippen LogP contribution is 1.94. The fourth-order valence-electron chi connectivity index (χ4n) is 0.903. The van der Waals surface area contributed by atoms with Gasteiger partial charge < -0.3 is 22.5 Å². The molecule has 0 radical (unpaired) electrons. The standard InChI is InChI=1S/C6H14N6O3/c7-3-1-2-4(5(8)13)10-6(9)11-12(14)15/h4H,1-3,7H2,(H2,8,13)(H3,9,10,11)/t4-/m0/s1. The van der Waals surface area contributed by atoms with E-state index in [-0.39, 0.29) is 0 Å². The minimum Gasteiger partial charge on any atom is -0.368 e. The molecule has 0 fully saturated rings. The molecule has 0 aromatic rings. The Kier molecular flexibility index (Phi) is 5.71. The number of primary amides is 1. The zero-order valence-corrected chi connectivity index (χ0v) is 8.05. The average Bonchev–Trinajstić information content (AvgIpc) is 2.10. The van der Waals surface area contributed by atoms with E-state index in [1.807, 2.05) is 0 Å². The SMILES string of the molecule is NCCC[C@H](NC(N)=N[N+](=O)[O-])C(N)=O. The lowest BCUT2D eigenvalue weighted by molar-refractivity contribution is -0.485. The Labute approximate surface area is 85.8 Å². The van der Waals surface area contributed by atoms with Crippen molar-refractivity contribution >= 4 is 11.9 Å². The van der Waals surface area contributed by atoms with E-state index < -0.39 is 22.9 Å². The summed E-state index contributed by atoms with van der Waals surface area (Å²) in [5, 5.41) is 14.1. The van der Waals surface area contributed by atoms with Gasteiger partial charge in [-0.05, 0) is 19.4 Å². The quantitative estimate of drug-likeness (QED) is 0.169. The summed E-state index contributed by atoms with van der Waals surface area (Å²) >= 11 is 0. The van der Waals surface area contributed by atoms with Gasteiger partial charge in [0.25, 0.3) is 5.96 Å². The molecule has 0 bridgehead atoms. The van der Waals surface area contributed by atoms with Crippen molar-refractivity contribution in [1.29, 1.82) is 0 Å². The largest absolute Gasteiger partial charge is 0.368 e. The summed E-state index contributed by atoms with van der Waals surface area (Å²) in [6.07, 6.45) is 0.895. The molecule has 1 atom stereocenters. The molecule has 0 aliphatic heterocycles. The van der Waals surface area contributed by atoms with E-state index in [9.17, 15) is 14.9 Å². The molecule has 0 aromatic carbocycles. The Morgan fingerprint density at radius 3 is 2.53 bits per heavy atom. The van der Waals surface area contributed by atoms with E-state index in [4.69, 9.17) is 17.2 Å². The lowest BCUT2D eigenvalue weighted by Crippen LogP contribution is -2.47. The van der Waals surface area contributed by atoms with Crippen LogP contribution in [0.4, 0.5) is 0 Å². The van der Waals surface area contributed by atoms with Crippen LogP contribution in [0, 0.1) is 10.1 Å². The van der Waals surface area contributed by atoms with Crippen LogP contribution in [-0.4, -0.2) is 29.5 Å². The third-order valence-corrected chi connectivity index (χ3v) is 1.55. The van der Waals surface area contributed by atoms with Crippen LogP contribution >= 0.6 is 0 Å². The number of guanidine groups is 1. The number of amides is 1. The second kappa shape index (κ2) is 6.54. The van der Waals surface area contributed by atoms with E-state index in [0.29, 0.717) is 19.4 Å². The van der Waals surface area contributed by atoms with Gasteiger partial charge in [0.2, 0.25) is 5.91 Å². The zero-order valence-electron chi connectivity index (χ0n) is 8.05. The number of carbonyl (C=O) groups excluding carboxylic acids is 1. The first-order chi connectivity index (χ1) is 6.97. The van der Waals surface area contributed by atoms with Gasteiger partial charge in [-0.3, -0.25) is 4.79 Å². The van der Waals surface area contributed by atoms with Crippen LogP contribution in [0.15, 0.2) is 5.10 Å². The van der Waals surface area contributed by atoms with Crippen molar-refractivity contribution in [2.45, 2.75) is 18.9 Å². The van der Waals surface area contributed by atoms with Gasteiger partial charge in [-0.2, -0.15) is 0 Å². The van der Waals surface area contributed by atoms with Crippen molar-refractivity contribution in [3.05, 3.63) is 10.1 Å². The van der Waals surface area contributed by atoms with Crippen LogP contribution in [0.3, 0.4) is 0 Å². The molecule has 0 spiro atoms. The summed E-state index contributed by atoms with van der Waals surface area (Å²) in [6, 6.07) is -0.794. The first-order valence-corrected chi connectivity index (χ1v) is 4.21. The van der Waals surface area contributed by atoms with Crippen LogP contribution in [0.2, 0.25) is 0 Å². The van der Waals surface area contributed by atoms with Crippen molar-refractivity contribution in [1.82, 2.24) is 5.32 Å². The third-order valence-electron chi connectivity index (χ3n) is 1.55. The summed E-state index contributed by atoms with van der Waals surface area (Å²) in [5.41, 5.74) is 15.4. The van der Waals surface area contributed by atoms with Gasteiger partial charge in [0, 0.05) is 0 Å². The molecule has 0 aromatic heterocycles. The topological polar surface area (TPSA) is 163 Å². The van der Waals surface area contributed by atoms with Crippen LogP contribution in [0.25, 0.3) is 0 Å². The van der Waals surface area contributed by atoms with Crippen molar-refractivity contribution < 1.29 is 9.83 Å². The smallest absolute Gasteiger partial charge is 0.266 e. The molecule has 86 valence electrons. The first kappa shape index (κ1) is 13.1. The normalized spacial score (nSPS) is 13.3. The van der Waals surface area contributed by atoms with Crippen LogP contribution in [0.1, 0.15) is 12.8 Å². The van der Waals surface area contributed by atoms with E-state index in [1.54, 1.807) is 0 Å². The highest BCUT2D eigenvalue weighted by molar-refractivity contribution is 5.86. The first-order valence-electron chi connectivity index (χ1n) is 4.21. The Balaban J connectivity index is 4.28. The molecule has 0 saturated carbocycles. The van der Waals surface area contributed by atoms with Crippen molar-refractivity contribution in [2.75, 3.05) is 6.54 Å². The monoisotopic (exact) mass is 218 g/mol. The predicted molar refractivity (Wildman–Crippen MR) is 53.0 cm³/mol. The van der Waals surface area contributed by atoms with Gasteiger partial charge in [0.15, 0.2) is 5.03 Å². The molecule has 0 unspecified atom stereocenters. The summed E-state index contributed by atoms with van der Waals surface area (Å²) in [4.78, 5) is 20.8. The summed E-state index contributed by atoms with van der Waals surface area (Å²) in [6.45, 7) is 0.387. The van der Waals surface area contributed by atoms with Gasteiger partial charge in [-0.15, -0.1) is 0 Å². The number of nitro groups is 1. The highest BCUT2D eigenvalue weighted by atomic mass is 16.7. The van der Waals surface area contributed by atoms with E-state index in [1.165, 1.54) is 0 Å². The Bertz CT molecular complexity index is 266. The van der Waals surface area contributed by atoms with Crippen LogP contribution in [-0.2, 0) is 4.79 Å². The van der Waals surface area contributed by atoms with Crippen molar-refractivity contribution in [3.8, 4) is 0 Å².